The molecule has 0 bridgehead atoms. The van der Waals surface area contributed by atoms with Gasteiger partial charge in [-0.05, 0) is 44.4 Å². The van der Waals surface area contributed by atoms with E-state index in [0.717, 1.165) is 18.7 Å². The molecule has 0 saturated heterocycles. The third-order valence-corrected chi connectivity index (χ3v) is 6.61. The zero-order valence-electron chi connectivity index (χ0n) is 22.1. The Morgan fingerprint density at radius 2 is 1.44 bits per heavy atom. The van der Waals surface area contributed by atoms with Gasteiger partial charge in [-0.3, -0.25) is 0 Å². The monoisotopic (exact) mass is 468 g/mol. The number of ether oxygens (including phenoxy) is 2. The van der Waals surface area contributed by atoms with Crippen molar-refractivity contribution >= 4 is 5.97 Å². The van der Waals surface area contributed by atoms with E-state index in [1.165, 1.54) is 56.1 Å². The molecule has 0 amide bonds. The van der Waals surface area contributed by atoms with Crippen molar-refractivity contribution in [1.29, 1.82) is 0 Å². The number of hydrogen-bond donors (Lipinski definition) is 0. The van der Waals surface area contributed by atoms with Crippen LogP contribution in [0.1, 0.15) is 76.8 Å². The van der Waals surface area contributed by atoms with Gasteiger partial charge in [-0.1, -0.05) is 87.9 Å². The molecule has 0 aliphatic heterocycles. The standard InChI is InChI=1S/C30H46NO3/c1-6-7-8-9-10-11-13-16-27-19-21-29(22-20-27)34-25(2)24-33-30(32)26(3)31(4,5)23-28-17-14-12-15-18-28/h12,14-15,17-22,25-26H,6-11,13,16,23-24H2,1-5H3/q+1. The molecule has 0 aromatic heterocycles. The quantitative estimate of drug-likeness (QED) is 0.152. The highest BCUT2D eigenvalue weighted by molar-refractivity contribution is 5.74. The van der Waals surface area contributed by atoms with E-state index < -0.39 is 0 Å². The first-order chi connectivity index (χ1) is 16.3. The minimum absolute atomic E-state index is 0.193. The Bertz CT molecular complexity index is 817. The van der Waals surface area contributed by atoms with E-state index in [1.54, 1.807) is 0 Å². The predicted molar refractivity (Wildman–Crippen MR) is 141 cm³/mol. The Morgan fingerprint density at radius 1 is 0.824 bits per heavy atom. The van der Waals surface area contributed by atoms with E-state index >= 15 is 0 Å². The van der Waals surface area contributed by atoms with E-state index in [1.807, 2.05) is 44.2 Å². The van der Waals surface area contributed by atoms with Crippen LogP contribution in [0.25, 0.3) is 0 Å². The largest absolute Gasteiger partial charge is 0.487 e. The summed E-state index contributed by atoms with van der Waals surface area (Å²) in [6, 6.07) is 18.3. The van der Waals surface area contributed by atoms with Gasteiger partial charge in [-0.15, -0.1) is 0 Å². The van der Waals surface area contributed by atoms with E-state index in [-0.39, 0.29) is 24.7 Å². The summed E-state index contributed by atoms with van der Waals surface area (Å²) in [5, 5.41) is 0. The minimum Gasteiger partial charge on any atom is -0.487 e. The summed E-state index contributed by atoms with van der Waals surface area (Å²) in [6.07, 6.45) is 10.2. The van der Waals surface area contributed by atoms with Gasteiger partial charge >= 0.3 is 5.97 Å². The fourth-order valence-corrected chi connectivity index (χ4v) is 4.08. The van der Waals surface area contributed by atoms with Crippen LogP contribution >= 0.6 is 0 Å². The number of quaternary nitrogens is 1. The lowest BCUT2D eigenvalue weighted by Crippen LogP contribution is -2.51. The maximum atomic E-state index is 12.7. The van der Waals surface area contributed by atoms with Crippen LogP contribution in [0.2, 0.25) is 0 Å². The molecule has 188 valence electrons. The van der Waals surface area contributed by atoms with Crippen LogP contribution < -0.4 is 4.74 Å². The number of carbonyl (C=O) groups is 1. The van der Waals surface area contributed by atoms with Crippen molar-refractivity contribution in [3.05, 3.63) is 65.7 Å². The number of benzene rings is 2. The van der Waals surface area contributed by atoms with Gasteiger partial charge < -0.3 is 14.0 Å². The maximum absolute atomic E-state index is 12.7. The van der Waals surface area contributed by atoms with E-state index in [9.17, 15) is 4.79 Å². The molecule has 0 spiro atoms. The lowest BCUT2D eigenvalue weighted by atomic mass is 10.0. The lowest BCUT2D eigenvalue weighted by Gasteiger charge is -2.34. The highest BCUT2D eigenvalue weighted by Gasteiger charge is 2.32. The molecule has 0 fully saturated rings. The van der Waals surface area contributed by atoms with Crippen molar-refractivity contribution in [3.8, 4) is 5.75 Å². The van der Waals surface area contributed by atoms with Gasteiger partial charge in [-0.2, -0.15) is 0 Å². The Labute approximate surface area is 207 Å². The molecule has 0 heterocycles. The summed E-state index contributed by atoms with van der Waals surface area (Å²) < 4.78 is 12.1. The van der Waals surface area contributed by atoms with E-state index in [2.05, 4.69) is 45.3 Å². The molecule has 34 heavy (non-hydrogen) atoms. The summed E-state index contributed by atoms with van der Waals surface area (Å²) in [6.45, 7) is 7.15. The normalized spacial score (nSPS) is 13.3. The van der Waals surface area contributed by atoms with Crippen LogP contribution in [-0.4, -0.2) is 43.3 Å². The van der Waals surface area contributed by atoms with E-state index in [4.69, 9.17) is 9.47 Å². The smallest absolute Gasteiger partial charge is 0.364 e. The van der Waals surface area contributed by atoms with Crippen LogP contribution in [0, 0.1) is 0 Å². The van der Waals surface area contributed by atoms with Gasteiger partial charge in [0.1, 0.15) is 25.0 Å². The first-order valence-corrected chi connectivity index (χ1v) is 13.1. The SMILES string of the molecule is CCCCCCCCCc1ccc(OC(C)COC(=O)C(C)[N+](C)(C)Cc2ccccc2)cc1. The van der Waals surface area contributed by atoms with Gasteiger partial charge in [0.05, 0.1) is 14.1 Å². The fraction of sp³-hybridized carbons (Fsp3) is 0.567. The number of esters is 1. The van der Waals surface area contributed by atoms with Gasteiger partial charge in [0.15, 0.2) is 6.04 Å². The second kappa shape index (κ2) is 14.8. The molecule has 2 unspecified atom stereocenters. The summed E-state index contributed by atoms with van der Waals surface area (Å²) in [5.41, 5.74) is 2.56. The Hall–Kier alpha value is -2.33. The summed E-state index contributed by atoms with van der Waals surface area (Å²) in [7, 11) is 4.12. The number of aryl methyl sites for hydroxylation is 1. The molecule has 2 aromatic carbocycles. The maximum Gasteiger partial charge on any atom is 0.364 e. The molecule has 2 atom stereocenters. The Kier molecular flexibility index (Phi) is 12.2. The number of carbonyl (C=O) groups excluding carboxylic acids is 1. The molecular formula is C30H46NO3+. The first kappa shape index (κ1) is 27.9. The molecule has 4 nitrogen and oxygen atoms in total. The molecular weight excluding hydrogens is 422 g/mol. The fourth-order valence-electron chi connectivity index (χ4n) is 4.08. The van der Waals surface area contributed by atoms with Crippen molar-refractivity contribution in [3.63, 3.8) is 0 Å². The highest BCUT2D eigenvalue weighted by atomic mass is 16.6. The number of likely N-dealkylation sites (N-methyl/N-ethyl adjacent to an activating group) is 1. The zero-order chi connectivity index (χ0) is 24.8. The number of hydrogen-bond acceptors (Lipinski definition) is 3. The Morgan fingerprint density at radius 3 is 2.09 bits per heavy atom. The number of nitrogens with zero attached hydrogens (tertiary/aromatic N) is 1. The molecule has 0 N–H and O–H groups in total. The van der Waals surface area contributed by atoms with Gasteiger partial charge in [-0.25, -0.2) is 4.79 Å². The first-order valence-electron chi connectivity index (χ1n) is 13.1. The van der Waals surface area contributed by atoms with Crippen molar-refractivity contribution in [2.24, 2.45) is 0 Å². The summed E-state index contributed by atoms with van der Waals surface area (Å²) >= 11 is 0. The molecule has 0 aliphatic carbocycles. The summed E-state index contributed by atoms with van der Waals surface area (Å²) in [4.78, 5) is 12.7. The molecule has 2 rings (SSSR count). The summed E-state index contributed by atoms with van der Waals surface area (Å²) in [5.74, 6) is 0.626. The second-order valence-electron chi connectivity index (χ2n) is 10.2. The topological polar surface area (TPSA) is 35.5 Å². The van der Waals surface area contributed by atoms with Crippen LogP contribution in [0.15, 0.2) is 54.6 Å². The molecule has 2 aromatic rings. The Balaban J connectivity index is 1.69. The van der Waals surface area contributed by atoms with Crippen LogP contribution in [-0.2, 0) is 22.5 Å². The average Bonchev–Trinajstić information content (AvgIpc) is 2.83. The second-order valence-corrected chi connectivity index (χ2v) is 10.2. The molecule has 0 radical (unpaired) electrons. The van der Waals surface area contributed by atoms with Crippen LogP contribution in [0.3, 0.4) is 0 Å². The van der Waals surface area contributed by atoms with Crippen molar-refractivity contribution in [1.82, 2.24) is 0 Å². The number of rotatable bonds is 16. The van der Waals surface area contributed by atoms with Crippen LogP contribution in [0.4, 0.5) is 0 Å². The van der Waals surface area contributed by atoms with Gasteiger partial charge in [0.25, 0.3) is 0 Å². The van der Waals surface area contributed by atoms with Crippen LogP contribution in [0.5, 0.6) is 5.75 Å². The zero-order valence-corrected chi connectivity index (χ0v) is 22.1. The lowest BCUT2D eigenvalue weighted by molar-refractivity contribution is -0.917. The third-order valence-electron chi connectivity index (χ3n) is 6.61. The van der Waals surface area contributed by atoms with Crippen molar-refractivity contribution in [2.75, 3.05) is 20.7 Å². The minimum atomic E-state index is -0.265. The van der Waals surface area contributed by atoms with Gasteiger partial charge in [0, 0.05) is 5.56 Å². The molecule has 4 heteroatoms. The van der Waals surface area contributed by atoms with Crippen molar-refractivity contribution < 1.29 is 18.8 Å². The molecule has 0 aliphatic rings. The van der Waals surface area contributed by atoms with Crippen molar-refractivity contribution in [2.45, 2.75) is 90.8 Å². The third kappa shape index (κ3) is 10.3. The highest BCUT2D eigenvalue weighted by Crippen LogP contribution is 2.18. The van der Waals surface area contributed by atoms with Gasteiger partial charge in [0.2, 0.25) is 0 Å². The predicted octanol–water partition coefficient (Wildman–Crippen LogP) is 6.96. The van der Waals surface area contributed by atoms with E-state index in [0.29, 0.717) is 4.48 Å². The molecule has 0 saturated carbocycles. The number of unbranched alkanes of at least 4 members (excludes halogenated alkanes) is 6. The average molecular weight is 469 g/mol.